The first-order valence-corrected chi connectivity index (χ1v) is 6.44. The molecular formula is C14H20N2. The first-order valence-electron chi connectivity index (χ1n) is 6.44. The number of rotatable bonds is 2. The molecule has 2 nitrogen and oxygen atoms in total. The van der Waals surface area contributed by atoms with Gasteiger partial charge in [-0.15, -0.1) is 0 Å². The Kier molecular flexibility index (Phi) is 2.94. The molecule has 0 saturated carbocycles. The van der Waals surface area contributed by atoms with Gasteiger partial charge in [-0.3, -0.25) is 0 Å². The highest BCUT2D eigenvalue weighted by Crippen LogP contribution is 2.18. The van der Waals surface area contributed by atoms with Crippen LogP contribution in [0.1, 0.15) is 24.0 Å². The monoisotopic (exact) mass is 216 g/mol. The Morgan fingerprint density at radius 3 is 2.69 bits per heavy atom. The van der Waals surface area contributed by atoms with Crippen LogP contribution in [0.2, 0.25) is 0 Å². The molecule has 0 amide bonds. The van der Waals surface area contributed by atoms with Crippen molar-refractivity contribution in [3.63, 3.8) is 0 Å². The van der Waals surface area contributed by atoms with Gasteiger partial charge in [0, 0.05) is 19.1 Å². The summed E-state index contributed by atoms with van der Waals surface area (Å²) in [5.41, 5.74) is 3.03. The van der Waals surface area contributed by atoms with Crippen molar-refractivity contribution in [1.82, 2.24) is 10.2 Å². The van der Waals surface area contributed by atoms with Gasteiger partial charge >= 0.3 is 0 Å². The van der Waals surface area contributed by atoms with Crippen molar-refractivity contribution in [3.05, 3.63) is 35.4 Å². The molecule has 1 atom stereocenters. The van der Waals surface area contributed by atoms with E-state index >= 15 is 0 Å². The molecule has 0 aliphatic carbocycles. The van der Waals surface area contributed by atoms with E-state index in [-0.39, 0.29) is 0 Å². The van der Waals surface area contributed by atoms with Gasteiger partial charge in [0.15, 0.2) is 0 Å². The number of fused-ring (bicyclic) bond motifs is 1. The van der Waals surface area contributed by atoms with E-state index in [0.29, 0.717) is 6.04 Å². The van der Waals surface area contributed by atoms with Gasteiger partial charge in [-0.05, 0) is 43.5 Å². The molecular weight excluding hydrogens is 196 g/mol. The Morgan fingerprint density at radius 2 is 1.88 bits per heavy atom. The zero-order chi connectivity index (χ0) is 10.8. The van der Waals surface area contributed by atoms with Gasteiger partial charge < -0.3 is 10.2 Å². The molecule has 2 aliphatic rings. The fourth-order valence-electron chi connectivity index (χ4n) is 2.93. The third kappa shape index (κ3) is 2.13. The zero-order valence-corrected chi connectivity index (χ0v) is 9.78. The van der Waals surface area contributed by atoms with E-state index < -0.39 is 0 Å². The smallest absolute Gasteiger partial charge is 0.0238 e. The average molecular weight is 216 g/mol. The predicted octanol–water partition coefficient (Wildman–Crippen LogP) is 1.80. The van der Waals surface area contributed by atoms with Crippen molar-refractivity contribution in [2.24, 2.45) is 0 Å². The van der Waals surface area contributed by atoms with Gasteiger partial charge in [-0.2, -0.15) is 0 Å². The third-order valence-corrected chi connectivity index (χ3v) is 3.84. The van der Waals surface area contributed by atoms with Crippen LogP contribution in [-0.2, 0) is 13.0 Å². The molecule has 0 bridgehead atoms. The molecule has 1 N–H and O–H groups in total. The quantitative estimate of drug-likeness (QED) is 0.811. The summed E-state index contributed by atoms with van der Waals surface area (Å²) >= 11 is 0. The second-order valence-electron chi connectivity index (χ2n) is 5.06. The molecule has 1 fully saturated rings. The van der Waals surface area contributed by atoms with Crippen LogP contribution in [0.5, 0.6) is 0 Å². The summed E-state index contributed by atoms with van der Waals surface area (Å²) in [6.45, 7) is 4.89. The van der Waals surface area contributed by atoms with Crippen molar-refractivity contribution in [2.75, 3.05) is 19.6 Å². The van der Waals surface area contributed by atoms with Gasteiger partial charge in [0.05, 0.1) is 0 Å². The SMILES string of the molecule is c1ccc2c(c1)CN[C@@H](CN1CCCC1)C2. The minimum absolute atomic E-state index is 0.660. The van der Waals surface area contributed by atoms with Crippen molar-refractivity contribution < 1.29 is 0 Å². The van der Waals surface area contributed by atoms with Crippen molar-refractivity contribution >= 4 is 0 Å². The molecule has 0 radical (unpaired) electrons. The molecule has 1 aromatic rings. The lowest BCUT2D eigenvalue weighted by Gasteiger charge is -2.29. The van der Waals surface area contributed by atoms with E-state index in [4.69, 9.17) is 0 Å². The first kappa shape index (κ1) is 10.3. The first-order chi connectivity index (χ1) is 7.92. The van der Waals surface area contributed by atoms with Crippen molar-refractivity contribution in [2.45, 2.75) is 31.8 Å². The minimum atomic E-state index is 0.660. The van der Waals surface area contributed by atoms with Gasteiger partial charge in [0.1, 0.15) is 0 Å². The highest BCUT2D eigenvalue weighted by Gasteiger charge is 2.21. The van der Waals surface area contributed by atoms with Crippen LogP contribution >= 0.6 is 0 Å². The van der Waals surface area contributed by atoms with Crippen LogP contribution in [0.15, 0.2) is 24.3 Å². The number of hydrogen-bond donors (Lipinski definition) is 1. The maximum Gasteiger partial charge on any atom is 0.0238 e. The Bertz CT molecular complexity index is 356. The molecule has 0 spiro atoms. The summed E-state index contributed by atoms with van der Waals surface area (Å²) in [7, 11) is 0. The van der Waals surface area contributed by atoms with Gasteiger partial charge in [-0.1, -0.05) is 24.3 Å². The molecule has 0 aromatic heterocycles. The van der Waals surface area contributed by atoms with Gasteiger partial charge in [0.25, 0.3) is 0 Å². The largest absolute Gasteiger partial charge is 0.308 e. The summed E-state index contributed by atoms with van der Waals surface area (Å²) in [6, 6.07) is 9.49. The summed E-state index contributed by atoms with van der Waals surface area (Å²) in [5.74, 6) is 0. The number of benzene rings is 1. The summed E-state index contributed by atoms with van der Waals surface area (Å²) in [4.78, 5) is 2.60. The van der Waals surface area contributed by atoms with E-state index in [1.54, 1.807) is 5.56 Å². The lowest BCUT2D eigenvalue weighted by atomic mass is 9.96. The highest BCUT2D eigenvalue weighted by atomic mass is 15.2. The average Bonchev–Trinajstić information content (AvgIpc) is 2.82. The number of nitrogens with zero attached hydrogens (tertiary/aromatic N) is 1. The Hall–Kier alpha value is -0.860. The molecule has 1 saturated heterocycles. The van der Waals surface area contributed by atoms with Crippen LogP contribution in [0, 0.1) is 0 Å². The number of hydrogen-bond acceptors (Lipinski definition) is 2. The minimum Gasteiger partial charge on any atom is -0.308 e. The molecule has 2 aliphatic heterocycles. The summed E-state index contributed by atoms with van der Waals surface area (Å²) < 4.78 is 0. The molecule has 2 heteroatoms. The fraction of sp³-hybridized carbons (Fsp3) is 0.571. The molecule has 3 rings (SSSR count). The fourth-order valence-corrected chi connectivity index (χ4v) is 2.93. The van der Waals surface area contributed by atoms with E-state index in [2.05, 4.69) is 34.5 Å². The van der Waals surface area contributed by atoms with Crippen LogP contribution in [0.25, 0.3) is 0 Å². The second-order valence-corrected chi connectivity index (χ2v) is 5.06. The second kappa shape index (κ2) is 4.56. The highest BCUT2D eigenvalue weighted by molar-refractivity contribution is 5.29. The van der Waals surface area contributed by atoms with E-state index in [1.807, 2.05) is 0 Å². The lowest BCUT2D eigenvalue weighted by Crippen LogP contribution is -2.43. The zero-order valence-electron chi connectivity index (χ0n) is 9.78. The van der Waals surface area contributed by atoms with Crippen LogP contribution < -0.4 is 5.32 Å². The van der Waals surface area contributed by atoms with Gasteiger partial charge in [-0.25, -0.2) is 0 Å². The molecule has 2 heterocycles. The number of nitrogens with one attached hydrogen (secondary N) is 1. The van der Waals surface area contributed by atoms with Crippen molar-refractivity contribution in [3.8, 4) is 0 Å². The Morgan fingerprint density at radius 1 is 1.12 bits per heavy atom. The summed E-state index contributed by atoms with van der Waals surface area (Å²) in [5, 5.41) is 3.66. The van der Waals surface area contributed by atoms with Crippen LogP contribution in [0.3, 0.4) is 0 Å². The maximum absolute atomic E-state index is 3.66. The molecule has 0 unspecified atom stereocenters. The number of likely N-dealkylation sites (tertiary alicyclic amines) is 1. The Balaban J connectivity index is 1.63. The maximum atomic E-state index is 3.66. The van der Waals surface area contributed by atoms with E-state index in [0.717, 1.165) is 6.54 Å². The third-order valence-electron chi connectivity index (χ3n) is 3.84. The molecule has 16 heavy (non-hydrogen) atoms. The van der Waals surface area contributed by atoms with E-state index in [9.17, 15) is 0 Å². The van der Waals surface area contributed by atoms with Gasteiger partial charge in [0.2, 0.25) is 0 Å². The topological polar surface area (TPSA) is 15.3 Å². The normalized spacial score (nSPS) is 25.6. The standard InChI is InChI=1S/C14H20N2/c1-2-6-13-10-15-14(9-12(13)5-1)11-16-7-3-4-8-16/h1-2,5-6,14-15H,3-4,7-11H2/t14-/m1/s1. The van der Waals surface area contributed by atoms with E-state index in [1.165, 1.54) is 44.5 Å². The van der Waals surface area contributed by atoms with Crippen LogP contribution in [0.4, 0.5) is 0 Å². The van der Waals surface area contributed by atoms with Crippen molar-refractivity contribution in [1.29, 1.82) is 0 Å². The van der Waals surface area contributed by atoms with Crippen LogP contribution in [-0.4, -0.2) is 30.6 Å². The molecule has 86 valence electrons. The molecule has 1 aromatic carbocycles. The Labute approximate surface area is 97.6 Å². The predicted molar refractivity (Wildman–Crippen MR) is 66.4 cm³/mol. The summed E-state index contributed by atoms with van der Waals surface area (Å²) in [6.07, 6.45) is 3.99. The lowest BCUT2D eigenvalue weighted by molar-refractivity contribution is 0.282.